The summed E-state index contributed by atoms with van der Waals surface area (Å²) >= 11 is 5.84. The number of hydrogen-bond acceptors (Lipinski definition) is 0. The van der Waals surface area contributed by atoms with E-state index in [0.29, 0.717) is 11.8 Å². The average molecular weight is 199 g/mol. The maximum atomic E-state index is 13.4. The lowest BCUT2D eigenvalue weighted by Gasteiger charge is -2.13. The van der Waals surface area contributed by atoms with Gasteiger partial charge in [-0.1, -0.05) is 18.2 Å². The number of halogens is 2. The van der Waals surface area contributed by atoms with Crippen molar-refractivity contribution in [3.8, 4) is 0 Å². The summed E-state index contributed by atoms with van der Waals surface area (Å²) in [7, 11) is 0. The predicted molar refractivity (Wildman–Crippen MR) is 52.6 cm³/mol. The van der Waals surface area contributed by atoms with Crippen LogP contribution in [0.1, 0.15) is 24.3 Å². The third-order valence-corrected chi connectivity index (χ3v) is 2.99. The van der Waals surface area contributed by atoms with E-state index in [-0.39, 0.29) is 11.7 Å². The molecule has 1 aliphatic rings. The molecule has 70 valence electrons. The second-order valence-electron chi connectivity index (χ2n) is 3.62. The molecule has 1 aromatic carbocycles. The van der Waals surface area contributed by atoms with Crippen molar-refractivity contribution >= 4 is 11.6 Å². The number of rotatable bonds is 3. The van der Waals surface area contributed by atoms with Crippen LogP contribution in [0.15, 0.2) is 24.3 Å². The highest BCUT2D eigenvalue weighted by atomic mass is 35.5. The molecule has 2 heteroatoms. The fourth-order valence-electron chi connectivity index (χ4n) is 1.74. The maximum absolute atomic E-state index is 13.4. The number of hydrogen-bond donors (Lipinski definition) is 0. The molecule has 0 radical (unpaired) electrons. The first kappa shape index (κ1) is 9.01. The lowest BCUT2D eigenvalue weighted by Crippen LogP contribution is -2.05. The average Bonchev–Trinajstić information content (AvgIpc) is 2.93. The Morgan fingerprint density at radius 2 is 2.08 bits per heavy atom. The molecule has 0 N–H and O–H groups in total. The molecule has 13 heavy (non-hydrogen) atoms. The molecule has 2 rings (SSSR count). The van der Waals surface area contributed by atoms with Gasteiger partial charge in [0.25, 0.3) is 0 Å². The molecule has 0 bridgehead atoms. The normalized spacial score (nSPS) is 18.6. The van der Waals surface area contributed by atoms with Crippen LogP contribution in [-0.4, -0.2) is 5.88 Å². The van der Waals surface area contributed by atoms with Crippen LogP contribution in [0.5, 0.6) is 0 Å². The van der Waals surface area contributed by atoms with Crippen molar-refractivity contribution in [3.05, 3.63) is 35.6 Å². The van der Waals surface area contributed by atoms with E-state index < -0.39 is 0 Å². The number of alkyl halides is 1. The highest BCUT2D eigenvalue weighted by Crippen LogP contribution is 2.43. The van der Waals surface area contributed by atoms with Gasteiger partial charge in [0.15, 0.2) is 0 Å². The third-order valence-electron chi connectivity index (χ3n) is 2.66. The molecule has 1 unspecified atom stereocenters. The Bertz CT molecular complexity index is 294. The van der Waals surface area contributed by atoms with Crippen molar-refractivity contribution in [1.82, 2.24) is 0 Å². The Balaban J connectivity index is 2.26. The largest absolute Gasteiger partial charge is 0.207 e. The summed E-state index contributed by atoms with van der Waals surface area (Å²) in [6.07, 6.45) is 2.40. The van der Waals surface area contributed by atoms with Gasteiger partial charge in [-0.15, -0.1) is 11.6 Å². The van der Waals surface area contributed by atoms with Gasteiger partial charge in [-0.05, 0) is 30.4 Å². The van der Waals surface area contributed by atoms with Crippen LogP contribution < -0.4 is 0 Å². The zero-order chi connectivity index (χ0) is 9.26. The standard InChI is InChI=1S/C11H12ClF/c12-7-10(8-5-6-8)9-3-1-2-4-11(9)13/h1-4,8,10H,5-7H2. The van der Waals surface area contributed by atoms with E-state index in [9.17, 15) is 4.39 Å². The molecule has 0 spiro atoms. The summed E-state index contributed by atoms with van der Waals surface area (Å²) < 4.78 is 13.4. The smallest absolute Gasteiger partial charge is 0.126 e. The van der Waals surface area contributed by atoms with Crippen molar-refractivity contribution < 1.29 is 4.39 Å². The second-order valence-corrected chi connectivity index (χ2v) is 3.93. The van der Waals surface area contributed by atoms with Gasteiger partial charge in [0, 0.05) is 11.8 Å². The van der Waals surface area contributed by atoms with Crippen LogP contribution >= 0.6 is 11.6 Å². The van der Waals surface area contributed by atoms with Gasteiger partial charge in [-0.2, -0.15) is 0 Å². The van der Waals surface area contributed by atoms with Crippen molar-refractivity contribution in [2.75, 3.05) is 5.88 Å². The Kier molecular flexibility index (Phi) is 2.54. The van der Waals surface area contributed by atoms with E-state index in [1.54, 1.807) is 6.07 Å². The lowest BCUT2D eigenvalue weighted by atomic mass is 9.96. The summed E-state index contributed by atoms with van der Waals surface area (Å²) in [4.78, 5) is 0. The molecule has 0 nitrogen and oxygen atoms in total. The maximum Gasteiger partial charge on any atom is 0.126 e. The summed E-state index contributed by atoms with van der Waals surface area (Å²) in [5.74, 6) is 1.27. The molecule has 1 fully saturated rings. The van der Waals surface area contributed by atoms with E-state index >= 15 is 0 Å². The zero-order valence-electron chi connectivity index (χ0n) is 7.34. The van der Waals surface area contributed by atoms with Crippen LogP contribution in [0.2, 0.25) is 0 Å². The topological polar surface area (TPSA) is 0 Å². The van der Waals surface area contributed by atoms with Gasteiger partial charge in [0.1, 0.15) is 5.82 Å². The third kappa shape index (κ3) is 1.86. The predicted octanol–water partition coefficient (Wildman–Crippen LogP) is 3.56. The second kappa shape index (κ2) is 3.67. The van der Waals surface area contributed by atoms with E-state index in [4.69, 9.17) is 11.6 Å². The molecule has 1 atom stereocenters. The Morgan fingerprint density at radius 1 is 1.38 bits per heavy atom. The van der Waals surface area contributed by atoms with Gasteiger partial charge in [-0.25, -0.2) is 4.39 Å². The van der Waals surface area contributed by atoms with E-state index in [0.717, 1.165) is 5.56 Å². The first-order chi connectivity index (χ1) is 6.33. The van der Waals surface area contributed by atoms with Gasteiger partial charge >= 0.3 is 0 Å². The van der Waals surface area contributed by atoms with Crippen molar-refractivity contribution in [3.63, 3.8) is 0 Å². The Hall–Kier alpha value is -0.560. The van der Waals surface area contributed by atoms with Crippen molar-refractivity contribution in [1.29, 1.82) is 0 Å². The first-order valence-corrected chi connectivity index (χ1v) is 5.16. The highest BCUT2D eigenvalue weighted by Gasteiger charge is 2.32. The molecular formula is C11H12ClF. The minimum atomic E-state index is -0.111. The lowest BCUT2D eigenvalue weighted by molar-refractivity contribution is 0.568. The van der Waals surface area contributed by atoms with Gasteiger partial charge in [0.05, 0.1) is 0 Å². The quantitative estimate of drug-likeness (QED) is 0.652. The summed E-state index contributed by atoms with van der Waals surface area (Å²) in [6, 6.07) is 6.95. The molecule has 1 aromatic rings. The fraction of sp³-hybridized carbons (Fsp3) is 0.455. The molecule has 0 amide bonds. The van der Waals surface area contributed by atoms with E-state index in [1.807, 2.05) is 12.1 Å². The van der Waals surface area contributed by atoms with E-state index in [1.165, 1.54) is 18.9 Å². The summed E-state index contributed by atoms with van der Waals surface area (Å²) in [5.41, 5.74) is 0.792. The highest BCUT2D eigenvalue weighted by molar-refractivity contribution is 6.18. The Labute approximate surface area is 82.7 Å². The molecule has 1 aliphatic carbocycles. The van der Waals surface area contributed by atoms with Crippen LogP contribution in [0.25, 0.3) is 0 Å². The molecule has 1 saturated carbocycles. The van der Waals surface area contributed by atoms with Crippen molar-refractivity contribution in [2.45, 2.75) is 18.8 Å². The number of benzene rings is 1. The summed E-state index contributed by atoms with van der Waals surface area (Å²) in [6.45, 7) is 0. The van der Waals surface area contributed by atoms with Crippen molar-refractivity contribution in [2.24, 2.45) is 5.92 Å². The monoisotopic (exact) mass is 198 g/mol. The fourth-order valence-corrected chi connectivity index (χ4v) is 2.16. The van der Waals surface area contributed by atoms with Gasteiger partial charge in [0.2, 0.25) is 0 Å². The zero-order valence-corrected chi connectivity index (χ0v) is 8.10. The minimum Gasteiger partial charge on any atom is -0.207 e. The van der Waals surface area contributed by atoms with Gasteiger partial charge in [-0.3, -0.25) is 0 Å². The summed E-state index contributed by atoms with van der Waals surface area (Å²) in [5, 5.41) is 0. The van der Waals surface area contributed by atoms with Crippen LogP contribution in [0.3, 0.4) is 0 Å². The Morgan fingerprint density at radius 3 is 2.62 bits per heavy atom. The van der Waals surface area contributed by atoms with Crippen LogP contribution in [-0.2, 0) is 0 Å². The molecule has 0 heterocycles. The molecule has 0 saturated heterocycles. The van der Waals surface area contributed by atoms with Gasteiger partial charge < -0.3 is 0 Å². The molecular weight excluding hydrogens is 187 g/mol. The minimum absolute atomic E-state index is 0.111. The first-order valence-electron chi connectivity index (χ1n) is 4.63. The molecule has 0 aromatic heterocycles. The van der Waals surface area contributed by atoms with Crippen LogP contribution in [0.4, 0.5) is 4.39 Å². The van der Waals surface area contributed by atoms with Crippen LogP contribution in [0, 0.1) is 11.7 Å². The molecule has 0 aliphatic heterocycles. The SMILES string of the molecule is Fc1ccccc1C(CCl)C1CC1. The van der Waals surface area contributed by atoms with E-state index in [2.05, 4.69) is 0 Å².